The molecule has 1 aromatic heterocycles. The summed E-state index contributed by atoms with van der Waals surface area (Å²) in [6.45, 7) is 0. The number of nitrogens with two attached hydrogens (primary N) is 1. The molecule has 2 aromatic rings. The third-order valence-corrected chi connectivity index (χ3v) is 2.88. The monoisotopic (exact) mass is 243 g/mol. The van der Waals surface area contributed by atoms with Gasteiger partial charge in [0.25, 0.3) is 0 Å². The van der Waals surface area contributed by atoms with Crippen LogP contribution in [0.4, 0.5) is 9.52 Å². The molecule has 2 N–H and O–H groups in total. The summed E-state index contributed by atoms with van der Waals surface area (Å²) >= 11 is 6.86. The Labute approximate surface area is 94.7 Å². The van der Waals surface area contributed by atoms with Gasteiger partial charge in [-0.2, -0.15) is 0 Å². The predicted octanol–water partition coefficient (Wildman–Crippen LogP) is 2.50. The molecule has 3 nitrogen and oxygen atoms in total. The number of hydrogen-bond acceptors (Lipinski definition) is 4. The lowest BCUT2D eigenvalue weighted by Crippen LogP contribution is -1.89. The molecule has 0 saturated carbocycles. The average Bonchev–Trinajstić information content (AvgIpc) is 2.58. The minimum absolute atomic E-state index is 0.121. The summed E-state index contributed by atoms with van der Waals surface area (Å²) in [6.07, 6.45) is 0.517. The van der Waals surface area contributed by atoms with Crippen LogP contribution in [0.1, 0.15) is 10.6 Å². The number of rotatable bonds is 2. The summed E-state index contributed by atoms with van der Waals surface area (Å²) in [5, 5.41) is 8.83. The SMILES string of the molecule is Nc1nnc(Cc2ccc(Cl)c(F)c2)s1. The van der Waals surface area contributed by atoms with E-state index in [0.29, 0.717) is 11.6 Å². The molecule has 15 heavy (non-hydrogen) atoms. The normalized spacial score (nSPS) is 10.5. The predicted molar refractivity (Wildman–Crippen MR) is 58.5 cm³/mol. The van der Waals surface area contributed by atoms with Gasteiger partial charge < -0.3 is 5.73 Å². The fourth-order valence-corrected chi connectivity index (χ4v) is 1.92. The Hall–Kier alpha value is -1.20. The van der Waals surface area contributed by atoms with Crippen molar-refractivity contribution in [2.45, 2.75) is 6.42 Å². The van der Waals surface area contributed by atoms with E-state index in [4.69, 9.17) is 17.3 Å². The molecule has 0 bridgehead atoms. The highest BCUT2D eigenvalue weighted by molar-refractivity contribution is 7.15. The van der Waals surface area contributed by atoms with Gasteiger partial charge in [0.1, 0.15) is 10.8 Å². The number of halogens is 2. The minimum Gasteiger partial charge on any atom is -0.374 e. The summed E-state index contributed by atoms with van der Waals surface area (Å²) in [4.78, 5) is 0. The Morgan fingerprint density at radius 2 is 2.20 bits per heavy atom. The fraction of sp³-hybridized carbons (Fsp3) is 0.111. The van der Waals surface area contributed by atoms with Crippen LogP contribution in [0.5, 0.6) is 0 Å². The summed E-state index contributed by atoms with van der Waals surface area (Å²) in [7, 11) is 0. The van der Waals surface area contributed by atoms with Gasteiger partial charge >= 0.3 is 0 Å². The van der Waals surface area contributed by atoms with E-state index in [-0.39, 0.29) is 5.02 Å². The van der Waals surface area contributed by atoms with Gasteiger partial charge in [0, 0.05) is 6.42 Å². The van der Waals surface area contributed by atoms with Crippen molar-refractivity contribution in [1.29, 1.82) is 0 Å². The summed E-state index contributed by atoms with van der Waals surface area (Å²) in [5.41, 5.74) is 6.24. The molecular weight excluding hydrogens is 237 g/mol. The van der Waals surface area contributed by atoms with Crippen molar-refractivity contribution in [2.24, 2.45) is 0 Å². The van der Waals surface area contributed by atoms with Gasteiger partial charge in [-0.05, 0) is 17.7 Å². The van der Waals surface area contributed by atoms with Crippen molar-refractivity contribution < 1.29 is 4.39 Å². The molecule has 0 radical (unpaired) electrons. The van der Waals surface area contributed by atoms with Crippen LogP contribution in [0.15, 0.2) is 18.2 Å². The van der Waals surface area contributed by atoms with Crippen molar-refractivity contribution in [3.8, 4) is 0 Å². The number of benzene rings is 1. The van der Waals surface area contributed by atoms with E-state index in [1.807, 2.05) is 0 Å². The van der Waals surface area contributed by atoms with Crippen LogP contribution in [0.25, 0.3) is 0 Å². The first kappa shape index (κ1) is 10.3. The van der Waals surface area contributed by atoms with Crippen LogP contribution < -0.4 is 5.73 Å². The van der Waals surface area contributed by atoms with Crippen molar-refractivity contribution in [1.82, 2.24) is 10.2 Å². The van der Waals surface area contributed by atoms with Crippen molar-refractivity contribution >= 4 is 28.1 Å². The van der Waals surface area contributed by atoms with Gasteiger partial charge in [0.2, 0.25) is 5.13 Å². The van der Waals surface area contributed by atoms with E-state index in [9.17, 15) is 4.39 Å². The molecule has 0 atom stereocenters. The molecule has 0 spiro atoms. The zero-order valence-corrected chi connectivity index (χ0v) is 9.15. The smallest absolute Gasteiger partial charge is 0.203 e. The quantitative estimate of drug-likeness (QED) is 0.882. The standard InChI is InChI=1S/C9H7ClFN3S/c10-6-2-1-5(3-7(6)11)4-8-13-14-9(12)15-8/h1-3H,4H2,(H2,12,14). The van der Waals surface area contributed by atoms with E-state index in [1.54, 1.807) is 6.07 Å². The lowest BCUT2D eigenvalue weighted by atomic mass is 10.1. The molecule has 2 rings (SSSR count). The molecule has 78 valence electrons. The lowest BCUT2D eigenvalue weighted by molar-refractivity contribution is 0.626. The molecule has 6 heteroatoms. The second-order valence-electron chi connectivity index (χ2n) is 2.96. The van der Waals surface area contributed by atoms with Crippen LogP contribution in [0.3, 0.4) is 0 Å². The van der Waals surface area contributed by atoms with E-state index in [2.05, 4.69) is 10.2 Å². The number of nitrogen functional groups attached to an aromatic ring is 1. The number of nitrogens with zero attached hydrogens (tertiary/aromatic N) is 2. The van der Waals surface area contributed by atoms with Crippen LogP contribution in [0.2, 0.25) is 5.02 Å². The van der Waals surface area contributed by atoms with Gasteiger partial charge in [-0.1, -0.05) is 29.0 Å². The van der Waals surface area contributed by atoms with Crippen molar-refractivity contribution in [2.75, 3.05) is 5.73 Å². The Kier molecular flexibility index (Phi) is 2.83. The third kappa shape index (κ3) is 2.43. The Balaban J connectivity index is 2.21. The molecule has 0 fully saturated rings. The number of anilines is 1. The molecule has 0 saturated heterocycles. The average molecular weight is 244 g/mol. The van der Waals surface area contributed by atoms with E-state index >= 15 is 0 Å². The summed E-state index contributed by atoms with van der Waals surface area (Å²) in [6, 6.07) is 4.67. The van der Waals surface area contributed by atoms with Crippen LogP contribution in [0, 0.1) is 5.82 Å². The second-order valence-corrected chi connectivity index (χ2v) is 4.46. The molecular formula is C9H7ClFN3S. The molecule has 1 heterocycles. The Morgan fingerprint density at radius 3 is 2.80 bits per heavy atom. The maximum atomic E-state index is 13.1. The van der Waals surface area contributed by atoms with Gasteiger partial charge in [-0.3, -0.25) is 0 Å². The van der Waals surface area contributed by atoms with E-state index < -0.39 is 5.82 Å². The molecule has 0 aliphatic heterocycles. The Bertz CT molecular complexity index is 486. The first-order valence-corrected chi connectivity index (χ1v) is 5.36. The minimum atomic E-state index is -0.424. The highest BCUT2D eigenvalue weighted by Gasteiger charge is 2.05. The number of hydrogen-bond donors (Lipinski definition) is 1. The highest BCUT2D eigenvalue weighted by atomic mass is 35.5. The highest BCUT2D eigenvalue weighted by Crippen LogP contribution is 2.19. The van der Waals surface area contributed by atoms with Gasteiger partial charge in [-0.25, -0.2) is 4.39 Å². The lowest BCUT2D eigenvalue weighted by Gasteiger charge is -1.98. The first-order chi connectivity index (χ1) is 7.15. The van der Waals surface area contributed by atoms with Crippen LogP contribution in [-0.4, -0.2) is 10.2 Å². The molecule has 0 aliphatic rings. The maximum absolute atomic E-state index is 13.1. The van der Waals surface area contributed by atoms with Gasteiger partial charge in [0.15, 0.2) is 0 Å². The van der Waals surface area contributed by atoms with Gasteiger partial charge in [0.05, 0.1) is 5.02 Å². The topological polar surface area (TPSA) is 51.8 Å². The summed E-state index contributed by atoms with van der Waals surface area (Å²) < 4.78 is 13.1. The van der Waals surface area contributed by atoms with Crippen molar-refractivity contribution in [3.63, 3.8) is 0 Å². The molecule has 1 aromatic carbocycles. The largest absolute Gasteiger partial charge is 0.374 e. The maximum Gasteiger partial charge on any atom is 0.203 e. The fourth-order valence-electron chi connectivity index (χ4n) is 1.16. The van der Waals surface area contributed by atoms with Gasteiger partial charge in [-0.15, -0.1) is 10.2 Å². The van der Waals surface area contributed by atoms with E-state index in [1.165, 1.54) is 23.5 Å². The first-order valence-electron chi connectivity index (χ1n) is 4.17. The second kappa shape index (κ2) is 4.12. The molecule has 0 aliphatic carbocycles. The number of aromatic nitrogens is 2. The van der Waals surface area contributed by atoms with Crippen molar-refractivity contribution in [3.05, 3.63) is 39.6 Å². The van der Waals surface area contributed by atoms with Crippen LogP contribution in [-0.2, 0) is 6.42 Å². The van der Waals surface area contributed by atoms with Crippen LogP contribution >= 0.6 is 22.9 Å². The molecule has 0 amide bonds. The zero-order valence-electron chi connectivity index (χ0n) is 7.58. The Morgan fingerprint density at radius 1 is 1.40 bits per heavy atom. The third-order valence-electron chi connectivity index (χ3n) is 1.82. The van der Waals surface area contributed by atoms with E-state index in [0.717, 1.165) is 10.6 Å². The zero-order chi connectivity index (χ0) is 10.8. The summed E-state index contributed by atoms with van der Waals surface area (Å²) in [5.74, 6) is -0.424. The molecule has 0 unspecified atom stereocenters.